The topological polar surface area (TPSA) is 132 Å². The fourth-order valence-corrected chi connectivity index (χ4v) is 7.67. The number of Topliss-reactive ketones (excluding diaryl/α,β-unsaturated/α-hetero) is 1. The average Bonchev–Trinajstić information content (AvgIpc) is 2.93. The number of benzene rings is 1. The Hall–Kier alpha value is -3.95. The van der Waals surface area contributed by atoms with E-state index in [1.54, 1.807) is 31.2 Å². The highest BCUT2D eigenvalue weighted by Gasteiger charge is 2.64. The number of esters is 4. The number of carbonyl (C=O) groups excluding carboxylic acids is 5. The van der Waals surface area contributed by atoms with Crippen LogP contribution in [0, 0.1) is 22.7 Å². The molecular formula is C34H42O10. The SMILES string of the molecule is C=C1[C@@H](OC(=O)c2ccc(OC)cc2)CC[C@@]2(C)[C@@H](OC(C)=O)[C@H](OC(C)=O)C3=C(C)C(=O)C[C@@H]([C@@H](OC(C)=O)[C@H]12)C3(C)C. The normalized spacial score (nSPS) is 31.1. The number of hydrogen-bond acceptors (Lipinski definition) is 10. The lowest BCUT2D eigenvalue weighted by Crippen LogP contribution is -2.64. The molecule has 0 aromatic heterocycles. The van der Waals surface area contributed by atoms with Gasteiger partial charge in [0, 0.05) is 44.4 Å². The summed E-state index contributed by atoms with van der Waals surface area (Å²) in [6.45, 7) is 15.6. The predicted octanol–water partition coefficient (Wildman–Crippen LogP) is 4.93. The van der Waals surface area contributed by atoms with E-state index in [0.29, 0.717) is 40.9 Å². The van der Waals surface area contributed by atoms with Crippen LogP contribution in [-0.2, 0) is 38.1 Å². The molecule has 0 radical (unpaired) electrons. The van der Waals surface area contributed by atoms with Crippen molar-refractivity contribution < 1.29 is 47.7 Å². The Labute approximate surface area is 258 Å². The van der Waals surface area contributed by atoms with Gasteiger partial charge in [0.05, 0.1) is 12.7 Å². The number of ether oxygens (including phenoxy) is 5. The van der Waals surface area contributed by atoms with E-state index in [4.69, 9.17) is 23.7 Å². The molecule has 3 aliphatic carbocycles. The first kappa shape index (κ1) is 33.0. The minimum absolute atomic E-state index is 0.0709. The molecule has 0 unspecified atom stereocenters. The molecule has 238 valence electrons. The molecule has 10 heteroatoms. The highest BCUT2D eigenvalue weighted by atomic mass is 16.6. The summed E-state index contributed by atoms with van der Waals surface area (Å²) in [5.74, 6) is -3.22. The minimum atomic E-state index is -1.09. The summed E-state index contributed by atoms with van der Waals surface area (Å²) in [4.78, 5) is 64.7. The second-order valence-corrected chi connectivity index (χ2v) is 12.8. The van der Waals surface area contributed by atoms with Crippen LogP contribution in [0.1, 0.15) is 78.1 Å². The number of methoxy groups -OCH3 is 1. The Bertz CT molecular complexity index is 1400. The molecule has 44 heavy (non-hydrogen) atoms. The van der Waals surface area contributed by atoms with Gasteiger partial charge in [-0.3, -0.25) is 19.2 Å². The van der Waals surface area contributed by atoms with E-state index in [1.165, 1.54) is 27.9 Å². The second kappa shape index (κ2) is 12.2. The summed E-state index contributed by atoms with van der Waals surface area (Å²) in [5, 5.41) is 0. The highest BCUT2D eigenvalue weighted by molar-refractivity contribution is 5.97. The van der Waals surface area contributed by atoms with Gasteiger partial charge in [0.2, 0.25) is 0 Å². The van der Waals surface area contributed by atoms with Crippen LogP contribution in [-0.4, -0.2) is 61.2 Å². The van der Waals surface area contributed by atoms with Crippen molar-refractivity contribution in [2.75, 3.05) is 7.11 Å². The van der Waals surface area contributed by atoms with Crippen LogP contribution in [0.5, 0.6) is 5.75 Å². The molecule has 3 aliphatic rings. The van der Waals surface area contributed by atoms with Gasteiger partial charge in [0.1, 0.15) is 24.1 Å². The lowest BCUT2D eigenvalue weighted by molar-refractivity contribution is -0.201. The van der Waals surface area contributed by atoms with Gasteiger partial charge in [-0.2, -0.15) is 0 Å². The molecule has 0 N–H and O–H groups in total. The smallest absolute Gasteiger partial charge is 0.338 e. The monoisotopic (exact) mass is 610 g/mol. The van der Waals surface area contributed by atoms with Crippen molar-refractivity contribution in [3.63, 3.8) is 0 Å². The summed E-state index contributed by atoms with van der Waals surface area (Å²) in [6, 6.07) is 6.51. The van der Waals surface area contributed by atoms with Gasteiger partial charge in [-0.05, 0) is 66.2 Å². The maximum Gasteiger partial charge on any atom is 0.338 e. The van der Waals surface area contributed by atoms with Crippen LogP contribution in [0.25, 0.3) is 0 Å². The minimum Gasteiger partial charge on any atom is -0.497 e. The third-order valence-corrected chi connectivity index (χ3v) is 9.71. The molecule has 2 saturated carbocycles. The van der Waals surface area contributed by atoms with Crippen molar-refractivity contribution in [2.45, 2.75) is 92.1 Å². The summed E-state index contributed by atoms with van der Waals surface area (Å²) < 4.78 is 29.3. The zero-order chi connectivity index (χ0) is 32.7. The van der Waals surface area contributed by atoms with Crippen LogP contribution < -0.4 is 4.74 Å². The zero-order valence-corrected chi connectivity index (χ0v) is 26.7. The molecule has 1 aromatic rings. The first-order chi connectivity index (χ1) is 20.5. The van der Waals surface area contributed by atoms with E-state index in [9.17, 15) is 24.0 Å². The largest absolute Gasteiger partial charge is 0.497 e. The van der Waals surface area contributed by atoms with E-state index in [2.05, 4.69) is 6.58 Å². The number of hydrogen-bond donors (Lipinski definition) is 0. The third-order valence-electron chi connectivity index (χ3n) is 9.71. The second-order valence-electron chi connectivity index (χ2n) is 12.8. The molecule has 2 bridgehead atoms. The van der Waals surface area contributed by atoms with Crippen molar-refractivity contribution in [2.24, 2.45) is 22.7 Å². The average molecular weight is 611 g/mol. The van der Waals surface area contributed by atoms with Crippen molar-refractivity contribution in [3.8, 4) is 5.75 Å². The van der Waals surface area contributed by atoms with E-state index in [1.807, 2.05) is 20.8 Å². The van der Waals surface area contributed by atoms with E-state index in [-0.39, 0.29) is 12.2 Å². The Balaban J connectivity index is 1.89. The van der Waals surface area contributed by atoms with Crippen LogP contribution in [0.4, 0.5) is 0 Å². The number of fused-ring (bicyclic) bond motifs is 3. The summed E-state index contributed by atoms with van der Waals surface area (Å²) >= 11 is 0. The fraction of sp³-hybridized carbons (Fsp3) is 0.559. The third kappa shape index (κ3) is 5.90. The van der Waals surface area contributed by atoms with Gasteiger partial charge in [-0.1, -0.05) is 27.4 Å². The zero-order valence-electron chi connectivity index (χ0n) is 26.7. The van der Waals surface area contributed by atoms with Gasteiger partial charge in [0.25, 0.3) is 0 Å². The van der Waals surface area contributed by atoms with Gasteiger partial charge < -0.3 is 23.7 Å². The van der Waals surface area contributed by atoms with Crippen molar-refractivity contribution >= 4 is 29.7 Å². The molecule has 0 amide bonds. The van der Waals surface area contributed by atoms with E-state index < -0.39 is 71.0 Å². The molecule has 10 nitrogen and oxygen atoms in total. The Morgan fingerprint density at radius 2 is 1.48 bits per heavy atom. The lowest BCUT2D eigenvalue weighted by Gasteiger charge is -2.59. The van der Waals surface area contributed by atoms with E-state index >= 15 is 0 Å². The molecule has 0 spiro atoms. The van der Waals surface area contributed by atoms with Gasteiger partial charge >= 0.3 is 23.9 Å². The molecule has 0 saturated heterocycles. The highest BCUT2D eigenvalue weighted by Crippen LogP contribution is 2.60. The fourth-order valence-electron chi connectivity index (χ4n) is 7.67. The Morgan fingerprint density at radius 1 is 0.886 bits per heavy atom. The van der Waals surface area contributed by atoms with Crippen LogP contribution in [0.15, 0.2) is 47.6 Å². The van der Waals surface area contributed by atoms with Crippen molar-refractivity contribution in [1.82, 2.24) is 0 Å². The predicted molar refractivity (Wildman–Crippen MR) is 158 cm³/mol. The van der Waals surface area contributed by atoms with E-state index in [0.717, 1.165) is 0 Å². The first-order valence-corrected chi connectivity index (χ1v) is 14.8. The molecular weight excluding hydrogens is 568 g/mol. The molecule has 2 fully saturated rings. The molecule has 0 heterocycles. The van der Waals surface area contributed by atoms with Crippen LogP contribution in [0.2, 0.25) is 0 Å². The molecule has 0 aliphatic heterocycles. The summed E-state index contributed by atoms with van der Waals surface area (Å²) in [6.07, 6.45) is -3.11. The lowest BCUT2D eigenvalue weighted by atomic mass is 9.49. The van der Waals surface area contributed by atoms with Crippen LogP contribution >= 0.6 is 0 Å². The maximum absolute atomic E-state index is 13.5. The number of ketones is 1. The van der Waals surface area contributed by atoms with Crippen molar-refractivity contribution in [1.29, 1.82) is 0 Å². The molecule has 7 atom stereocenters. The summed E-state index contributed by atoms with van der Waals surface area (Å²) in [7, 11) is 1.53. The standard InChI is InChI=1S/C34H42O10/c1-17-25(38)16-24-29(41-19(3)35)28-18(2)26(44-32(39)22-10-12-23(40-9)13-11-22)14-15-34(28,8)31(43-21(5)37)30(42-20(4)36)27(17)33(24,6)7/h10-13,24,26,28-31H,2,14-16H2,1,3-9H3/t24-,26-,28-,29+,30+,31-,34+/m0/s1. The number of allylic oxidation sites excluding steroid dienone is 1. The Morgan fingerprint density at radius 3 is 2.02 bits per heavy atom. The molecule has 4 rings (SSSR count). The number of rotatable bonds is 6. The first-order valence-electron chi connectivity index (χ1n) is 14.8. The molecule has 1 aromatic carbocycles. The van der Waals surface area contributed by atoms with Gasteiger partial charge in [-0.15, -0.1) is 0 Å². The van der Waals surface area contributed by atoms with Crippen molar-refractivity contribution in [3.05, 3.63) is 53.1 Å². The van der Waals surface area contributed by atoms with Gasteiger partial charge in [0.15, 0.2) is 11.9 Å². The van der Waals surface area contributed by atoms with Gasteiger partial charge in [-0.25, -0.2) is 4.79 Å². The van der Waals surface area contributed by atoms with Crippen LogP contribution in [0.3, 0.4) is 0 Å². The summed E-state index contributed by atoms with van der Waals surface area (Å²) in [5.41, 5.74) is -0.103. The number of carbonyl (C=O) groups is 5. The Kier molecular flexibility index (Phi) is 9.14. The quantitative estimate of drug-likeness (QED) is 0.248. The maximum atomic E-state index is 13.5.